The Hall–Kier alpha value is -2.05. The number of aryl methyl sites for hydroxylation is 1. The Bertz CT molecular complexity index is 696. The number of sulfonamides is 1. The highest BCUT2D eigenvalue weighted by atomic mass is 32.2. The van der Waals surface area contributed by atoms with Gasteiger partial charge >= 0.3 is 0 Å². The summed E-state index contributed by atoms with van der Waals surface area (Å²) in [6, 6.07) is 13.2. The van der Waals surface area contributed by atoms with Crippen LogP contribution in [0, 0.1) is 6.92 Å². The highest BCUT2D eigenvalue weighted by molar-refractivity contribution is 7.92. The third kappa shape index (κ3) is 4.21. The Labute approximate surface area is 124 Å². The SMILES string of the molecule is Cc1ccc(S(=O)(=O)Nc2cccc(OCCO)c2)cc1. The monoisotopic (exact) mass is 307 g/mol. The van der Waals surface area contributed by atoms with Crippen LogP contribution in [-0.2, 0) is 10.0 Å². The molecule has 2 rings (SSSR count). The van der Waals surface area contributed by atoms with Gasteiger partial charge in [-0.05, 0) is 31.2 Å². The topological polar surface area (TPSA) is 75.6 Å². The molecule has 0 aromatic heterocycles. The second-order valence-electron chi connectivity index (χ2n) is 4.52. The van der Waals surface area contributed by atoms with Gasteiger partial charge in [-0.25, -0.2) is 8.42 Å². The fourth-order valence-corrected chi connectivity index (χ4v) is 2.79. The minimum Gasteiger partial charge on any atom is -0.491 e. The number of hydrogen-bond donors (Lipinski definition) is 2. The molecular formula is C15H17NO4S. The zero-order valence-electron chi connectivity index (χ0n) is 11.6. The van der Waals surface area contributed by atoms with Gasteiger partial charge in [0.15, 0.2) is 0 Å². The second kappa shape index (κ2) is 6.60. The Kier molecular flexibility index (Phi) is 4.82. The predicted octanol–water partition coefficient (Wildman–Crippen LogP) is 2.17. The molecule has 0 saturated carbocycles. The van der Waals surface area contributed by atoms with Crippen molar-refractivity contribution in [3.8, 4) is 5.75 Å². The van der Waals surface area contributed by atoms with E-state index in [9.17, 15) is 8.42 Å². The fraction of sp³-hybridized carbons (Fsp3) is 0.200. The molecule has 6 heteroatoms. The van der Waals surface area contributed by atoms with Crippen molar-refractivity contribution in [1.82, 2.24) is 0 Å². The van der Waals surface area contributed by atoms with Gasteiger partial charge in [0.2, 0.25) is 0 Å². The van der Waals surface area contributed by atoms with Gasteiger partial charge < -0.3 is 9.84 Å². The van der Waals surface area contributed by atoms with E-state index < -0.39 is 10.0 Å². The molecule has 0 aliphatic heterocycles. The molecule has 0 unspecified atom stereocenters. The molecule has 0 aliphatic carbocycles. The molecule has 0 spiro atoms. The third-order valence-corrected chi connectivity index (χ3v) is 4.17. The summed E-state index contributed by atoms with van der Waals surface area (Å²) in [5.74, 6) is 0.494. The van der Waals surface area contributed by atoms with E-state index in [2.05, 4.69) is 4.72 Å². The molecule has 21 heavy (non-hydrogen) atoms. The largest absolute Gasteiger partial charge is 0.491 e. The Balaban J connectivity index is 2.18. The predicted molar refractivity (Wildman–Crippen MR) is 81.0 cm³/mol. The maximum atomic E-state index is 12.2. The Morgan fingerprint density at radius 1 is 1.14 bits per heavy atom. The molecule has 2 N–H and O–H groups in total. The van der Waals surface area contributed by atoms with Crippen LogP contribution in [-0.4, -0.2) is 26.7 Å². The molecule has 5 nitrogen and oxygen atoms in total. The first-order valence-corrected chi connectivity index (χ1v) is 7.93. The van der Waals surface area contributed by atoms with E-state index in [0.29, 0.717) is 11.4 Å². The molecule has 0 fully saturated rings. The van der Waals surface area contributed by atoms with Gasteiger partial charge in [-0.3, -0.25) is 4.72 Å². The second-order valence-corrected chi connectivity index (χ2v) is 6.20. The zero-order valence-corrected chi connectivity index (χ0v) is 12.4. The third-order valence-electron chi connectivity index (χ3n) is 2.78. The quantitative estimate of drug-likeness (QED) is 0.857. The summed E-state index contributed by atoms with van der Waals surface area (Å²) >= 11 is 0. The smallest absolute Gasteiger partial charge is 0.261 e. The van der Waals surface area contributed by atoms with Crippen LogP contribution in [0.2, 0.25) is 0 Å². The van der Waals surface area contributed by atoms with Crippen molar-refractivity contribution >= 4 is 15.7 Å². The van der Waals surface area contributed by atoms with Crippen LogP contribution in [0.3, 0.4) is 0 Å². The first-order valence-electron chi connectivity index (χ1n) is 6.44. The molecule has 0 heterocycles. The Morgan fingerprint density at radius 2 is 1.86 bits per heavy atom. The summed E-state index contributed by atoms with van der Waals surface area (Å²) in [6.07, 6.45) is 0. The molecule has 0 saturated heterocycles. The van der Waals surface area contributed by atoms with Gasteiger partial charge in [-0.1, -0.05) is 23.8 Å². The number of anilines is 1. The normalized spacial score (nSPS) is 11.1. The van der Waals surface area contributed by atoms with E-state index in [4.69, 9.17) is 9.84 Å². The maximum absolute atomic E-state index is 12.2. The number of ether oxygens (including phenoxy) is 1. The summed E-state index contributed by atoms with van der Waals surface area (Å²) in [5.41, 5.74) is 1.40. The van der Waals surface area contributed by atoms with Crippen molar-refractivity contribution in [3.63, 3.8) is 0 Å². The maximum Gasteiger partial charge on any atom is 0.261 e. The minimum atomic E-state index is -3.62. The van der Waals surface area contributed by atoms with E-state index >= 15 is 0 Å². The zero-order chi connectivity index (χ0) is 15.3. The van der Waals surface area contributed by atoms with E-state index in [1.54, 1.807) is 48.5 Å². The highest BCUT2D eigenvalue weighted by Gasteiger charge is 2.13. The van der Waals surface area contributed by atoms with Crippen LogP contribution in [0.4, 0.5) is 5.69 Å². The van der Waals surface area contributed by atoms with Gasteiger partial charge in [0.05, 0.1) is 17.2 Å². The molecule has 0 aliphatic rings. The lowest BCUT2D eigenvalue weighted by molar-refractivity contribution is 0.201. The molecule has 0 amide bonds. The summed E-state index contributed by atoms with van der Waals surface area (Å²) < 4.78 is 32.2. The number of hydrogen-bond acceptors (Lipinski definition) is 4. The number of aliphatic hydroxyl groups excluding tert-OH is 1. The first-order chi connectivity index (χ1) is 10.0. The van der Waals surface area contributed by atoms with Crippen molar-refractivity contribution in [2.24, 2.45) is 0 Å². The number of rotatable bonds is 6. The fourth-order valence-electron chi connectivity index (χ4n) is 1.74. The van der Waals surface area contributed by atoms with Crippen molar-refractivity contribution in [1.29, 1.82) is 0 Å². The van der Waals surface area contributed by atoms with E-state index in [0.717, 1.165) is 5.56 Å². The summed E-state index contributed by atoms with van der Waals surface area (Å²) in [5, 5.41) is 8.72. The van der Waals surface area contributed by atoms with Gasteiger partial charge in [-0.2, -0.15) is 0 Å². The Morgan fingerprint density at radius 3 is 2.52 bits per heavy atom. The van der Waals surface area contributed by atoms with Crippen LogP contribution in [0.25, 0.3) is 0 Å². The van der Waals surface area contributed by atoms with E-state index in [1.807, 2.05) is 6.92 Å². The average Bonchev–Trinajstić information content (AvgIpc) is 2.45. The molecule has 2 aromatic carbocycles. The summed E-state index contributed by atoms with van der Waals surface area (Å²) in [4.78, 5) is 0.203. The van der Waals surface area contributed by atoms with Crippen LogP contribution in [0.5, 0.6) is 5.75 Å². The lowest BCUT2D eigenvalue weighted by Gasteiger charge is -2.10. The summed E-state index contributed by atoms with van der Waals surface area (Å²) in [6.45, 7) is 1.96. The van der Waals surface area contributed by atoms with E-state index in [-0.39, 0.29) is 18.1 Å². The molecule has 0 atom stereocenters. The van der Waals surface area contributed by atoms with Crippen LogP contribution in [0.1, 0.15) is 5.56 Å². The number of nitrogens with one attached hydrogen (secondary N) is 1. The number of aliphatic hydroxyl groups is 1. The molecular weight excluding hydrogens is 290 g/mol. The van der Waals surface area contributed by atoms with E-state index in [1.165, 1.54) is 0 Å². The van der Waals surface area contributed by atoms with Gasteiger partial charge in [0, 0.05) is 6.07 Å². The van der Waals surface area contributed by atoms with Crippen LogP contribution in [0.15, 0.2) is 53.4 Å². The standard InChI is InChI=1S/C15H17NO4S/c1-12-5-7-15(8-6-12)21(18,19)16-13-3-2-4-14(11-13)20-10-9-17/h2-8,11,16-17H,9-10H2,1H3. The van der Waals surface area contributed by atoms with Crippen molar-refractivity contribution < 1.29 is 18.3 Å². The minimum absolute atomic E-state index is 0.0979. The van der Waals surface area contributed by atoms with Crippen molar-refractivity contribution in [2.75, 3.05) is 17.9 Å². The van der Waals surface area contributed by atoms with Crippen LogP contribution < -0.4 is 9.46 Å². The average molecular weight is 307 g/mol. The highest BCUT2D eigenvalue weighted by Crippen LogP contribution is 2.21. The lowest BCUT2D eigenvalue weighted by atomic mass is 10.2. The van der Waals surface area contributed by atoms with Gasteiger partial charge in [-0.15, -0.1) is 0 Å². The molecule has 0 bridgehead atoms. The first kappa shape index (κ1) is 15.3. The van der Waals surface area contributed by atoms with Crippen LogP contribution >= 0.6 is 0 Å². The lowest BCUT2D eigenvalue weighted by Crippen LogP contribution is -2.13. The number of benzene rings is 2. The molecule has 112 valence electrons. The van der Waals surface area contributed by atoms with Gasteiger partial charge in [0.25, 0.3) is 10.0 Å². The van der Waals surface area contributed by atoms with Gasteiger partial charge in [0.1, 0.15) is 12.4 Å². The molecule has 0 radical (unpaired) electrons. The van der Waals surface area contributed by atoms with Crippen molar-refractivity contribution in [3.05, 3.63) is 54.1 Å². The molecule has 2 aromatic rings. The van der Waals surface area contributed by atoms with Crippen molar-refractivity contribution in [2.45, 2.75) is 11.8 Å². The summed E-state index contributed by atoms with van der Waals surface area (Å²) in [7, 11) is -3.62.